The maximum atomic E-state index is 13.3. The molecule has 8 heteroatoms. The number of hydrogen-bond acceptors (Lipinski definition) is 6. The van der Waals surface area contributed by atoms with Gasteiger partial charge in [0.1, 0.15) is 0 Å². The Labute approximate surface area is 193 Å². The molecule has 2 aliphatic heterocycles. The number of carbonyl (C=O) groups excluding carboxylic acids is 1. The molecule has 3 aromatic rings. The number of amides is 1. The fraction of sp³-hybridized carbons (Fsp3) is 0.458. The van der Waals surface area contributed by atoms with Crippen LogP contribution in [0.25, 0.3) is 5.13 Å². The van der Waals surface area contributed by atoms with Gasteiger partial charge in [-0.15, -0.1) is 10.2 Å². The van der Waals surface area contributed by atoms with Crippen LogP contribution in [0.4, 0.5) is 10.8 Å². The minimum absolute atomic E-state index is 0.112. The van der Waals surface area contributed by atoms with Crippen molar-refractivity contribution in [1.29, 1.82) is 0 Å². The van der Waals surface area contributed by atoms with Crippen LogP contribution in [0.5, 0.6) is 0 Å². The van der Waals surface area contributed by atoms with E-state index in [-0.39, 0.29) is 5.92 Å². The first-order valence-electron chi connectivity index (χ1n) is 11.4. The first kappa shape index (κ1) is 21.0. The number of benzene rings is 1. The highest BCUT2D eigenvalue weighted by Gasteiger charge is 2.33. The maximum Gasteiger partial charge on any atom is 0.225 e. The third kappa shape index (κ3) is 4.24. The zero-order valence-electron chi connectivity index (χ0n) is 18.7. The van der Waals surface area contributed by atoms with E-state index in [1.807, 2.05) is 29.1 Å². The lowest BCUT2D eigenvalue weighted by atomic mass is 9.95. The van der Waals surface area contributed by atoms with Crippen molar-refractivity contribution >= 4 is 28.1 Å². The van der Waals surface area contributed by atoms with Crippen LogP contribution in [0.1, 0.15) is 25.3 Å². The van der Waals surface area contributed by atoms with Crippen LogP contribution in [0.15, 0.2) is 48.8 Å². The van der Waals surface area contributed by atoms with Crippen molar-refractivity contribution < 1.29 is 4.79 Å². The van der Waals surface area contributed by atoms with Gasteiger partial charge in [-0.1, -0.05) is 23.5 Å². The lowest BCUT2D eigenvalue weighted by molar-refractivity contribution is -0.137. The summed E-state index contributed by atoms with van der Waals surface area (Å²) in [6, 6.07) is 12.9. The first-order valence-corrected chi connectivity index (χ1v) is 12.2. The fourth-order valence-corrected chi connectivity index (χ4v) is 5.69. The topological polar surface area (TPSA) is 57.5 Å². The summed E-state index contributed by atoms with van der Waals surface area (Å²) in [4.78, 5) is 20.0. The molecule has 1 aromatic carbocycles. The lowest BCUT2D eigenvalue weighted by Crippen LogP contribution is -2.55. The van der Waals surface area contributed by atoms with E-state index in [2.05, 4.69) is 63.0 Å². The molecular formula is C24H30N6OS. The van der Waals surface area contributed by atoms with Crippen molar-refractivity contribution in [3.63, 3.8) is 0 Å². The Balaban J connectivity index is 1.16. The van der Waals surface area contributed by atoms with Crippen molar-refractivity contribution in [2.24, 2.45) is 5.92 Å². The van der Waals surface area contributed by atoms with Gasteiger partial charge in [-0.3, -0.25) is 9.36 Å². The van der Waals surface area contributed by atoms with Gasteiger partial charge in [0, 0.05) is 62.8 Å². The number of aromatic nitrogens is 3. The molecule has 4 heterocycles. The molecule has 0 N–H and O–H groups in total. The molecule has 0 aliphatic carbocycles. The lowest BCUT2D eigenvalue weighted by Gasteiger charge is -2.43. The number of piperidine rings is 1. The van der Waals surface area contributed by atoms with Crippen LogP contribution in [-0.4, -0.2) is 64.3 Å². The molecule has 168 valence electrons. The van der Waals surface area contributed by atoms with E-state index < -0.39 is 0 Å². The van der Waals surface area contributed by atoms with Crippen molar-refractivity contribution in [3.05, 3.63) is 54.4 Å². The fourth-order valence-electron chi connectivity index (χ4n) is 4.83. The van der Waals surface area contributed by atoms with Gasteiger partial charge in [-0.2, -0.15) is 0 Å². The highest BCUT2D eigenvalue weighted by molar-refractivity contribution is 7.17. The molecule has 7 nitrogen and oxygen atoms in total. The van der Waals surface area contributed by atoms with Crippen molar-refractivity contribution in [2.45, 2.75) is 32.7 Å². The molecule has 1 amide bonds. The van der Waals surface area contributed by atoms with Gasteiger partial charge in [0.05, 0.1) is 0 Å². The standard InChI is InChI=1S/C24H30N6OS/c1-18-6-5-7-21(16-18)30-15-14-29(17-19(30)2)22(31)20-8-12-28(13-9-20)24-26-25-23(32-24)27-10-3-4-11-27/h3-7,10-11,16,19-20H,8-9,12-15,17H2,1-2H3/t19-/m1/s1. The number of hydrogen-bond donors (Lipinski definition) is 0. The first-order chi connectivity index (χ1) is 15.6. The Morgan fingerprint density at radius 2 is 1.75 bits per heavy atom. The molecule has 0 unspecified atom stereocenters. The normalized spacial score (nSPS) is 20.1. The largest absolute Gasteiger partial charge is 0.365 e. The zero-order valence-corrected chi connectivity index (χ0v) is 19.5. The average molecular weight is 451 g/mol. The molecule has 1 atom stereocenters. The Hall–Kier alpha value is -2.87. The smallest absolute Gasteiger partial charge is 0.225 e. The summed E-state index contributed by atoms with van der Waals surface area (Å²) in [6.45, 7) is 8.55. The molecule has 0 radical (unpaired) electrons. The van der Waals surface area contributed by atoms with Gasteiger partial charge in [0.25, 0.3) is 0 Å². The van der Waals surface area contributed by atoms with Gasteiger partial charge in [0.2, 0.25) is 16.2 Å². The molecule has 32 heavy (non-hydrogen) atoms. The van der Waals surface area contributed by atoms with Crippen molar-refractivity contribution in [3.8, 4) is 5.13 Å². The van der Waals surface area contributed by atoms with Crippen LogP contribution in [-0.2, 0) is 4.79 Å². The average Bonchev–Trinajstić information content (AvgIpc) is 3.51. The van der Waals surface area contributed by atoms with E-state index in [0.717, 1.165) is 55.8 Å². The van der Waals surface area contributed by atoms with Gasteiger partial charge in [-0.25, -0.2) is 0 Å². The maximum absolute atomic E-state index is 13.3. The third-order valence-corrected chi connectivity index (χ3v) is 7.61. The molecule has 0 saturated carbocycles. The molecule has 5 rings (SSSR count). The summed E-state index contributed by atoms with van der Waals surface area (Å²) in [5.41, 5.74) is 2.53. The summed E-state index contributed by atoms with van der Waals surface area (Å²) in [7, 11) is 0. The zero-order chi connectivity index (χ0) is 22.1. The SMILES string of the molecule is Cc1cccc(N2CCN(C(=O)C3CCN(c4nnc(-n5cccc5)s4)CC3)C[C@H]2C)c1. The minimum atomic E-state index is 0.112. The molecule has 2 fully saturated rings. The summed E-state index contributed by atoms with van der Waals surface area (Å²) >= 11 is 1.60. The number of carbonyl (C=O) groups is 1. The van der Waals surface area contributed by atoms with E-state index in [0.29, 0.717) is 11.9 Å². The second-order valence-electron chi connectivity index (χ2n) is 8.88. The number of piperazine rings is 1. The van der Waals surface area contributed by atoms with E-state index in [4.69, 9.17) is 0 Å². The monoisotopic (exact) mass is 450 g/mol. The van der Waals surface area contributed by atoms with E-state index >= 15 is 0 Å². The van der Waals surface area contributed by atoms with Crippen LogP contribution >= 0.6 is 11.3 Å². The highest BCUT2D eigenvalue weighted by Crippen LogP contribution is 2.29. The second kappa shape index (κ2) is 8.94. The summed E-state index contributed by atoms with van der Waals surface area (Å²) in [5.74, 6) is 0.437. The Morgan fingerprint density at radius 1 is 1.00 bits per heavy atom. The van der Waals surface area contributed by atoms with Gasteiger partial charge >= 0.3 is 0 Å². The molecule has 2 aromatic heterocycles. The van der Waals surface area contributed by atoms with Crippen molar-refractivity contribution in [1.82, 2.24) is 19.7 Å². The van der Waals surface area contributed by atoms with Crippen LogP contribution in [0.3, 0.4) is 0 Å². The quantitative estimate of drug-likeness (QED) is 0.608. The number of anilines is 2. The van der Waals surface area contributed by atoms with E-state index in [9.17, 15) is 4.79 Å². The molecule has 0 spiro atoms. The highest BCUT2D eigenvalue weighted by atomic mass is 32.1. The van der Waals surface area contributed by atoms with Crippen LogP contribution in [0, 0.1) is 12.8 Å². The third-order valence-electron chi connectivity index (χ3n) is 6.62. The number of aryl methyl sites for hydroxylation is 1. The Kier molecular flexibility index (Phi) is 5.87. The summed E-state index contributed by atoms with van der Waals surface area (Å²) in [5, 5.41) is 10.5. The second-order valence-corrected chi connectivity index (χ2v) is 9.82. The minimum Gasteiger partial charge on any atom is -0.365 e. The molecule has 2 aliphatic rings. The summed E-state index contributed by atoms with van der Waals surface area (Å²) in [6.07, 6.45) is 5.72. The predicted molar refractivity (Wildman–Crippen MR) is 129 cm³/mol. The van der Waals surface area contributed by atoms with Crippen LogP contribution < -0.4 is 9.80 Å². The molecule has 0 bridgehead atoms. The van der Waals surface area contributed by atoms with E-state index in [1.165, 1.54) is 11.3 Å². The Bertz CT molecular complexity index is 1060. The van der Waals surface area contributed by atoms with Crippen LogP contribution in [0.2, 0.25) is 0 Å². The van der Waals surface area contributed by atoms with Gasteiger partial charge in [0.15, 0.2) is 0 Å². The van der Waals surface area contributed by atoms with Crippen molar-refractivity contribution in [2.75, 3.05) is 42.5 Å². The number of rotatable bonds is 4. The Morgan fingerprint density at radius 3 is 2.47 bits per heavy atom. The predicted octanol–water partition coefficient (Wildman–Crippen LogP) is 3.59. The van der Waals surface area contributed by atoms with Gasteiger partial charge in [-0.05, 0) is 56.5 Å². The molecule has 2 saturated heterocycles. The van der Waals surface area contributed by atoms with E-state index in [1.54, 1.807) is 11.3 Å². The molecular weight excluding hydrogens is 420 g/mol. The number of nitrogens with zero attached hydrogens (tertiary/aromatic N) is 6. The summed E-state index contributed by atoms with van der Waals surface area (Å²) < 4.78 is 1.98. The van der Waals surface area contributed by atoms with Gasteiger partial charge < -0.3 is 14.7 Å².